The molecule has 2 N–H and O–H groups in total. The second-order valence-electron chi connectivity index (χ2n) is 3.24. The molecule has 1 aromatic carbocycles. The van der Waals surface area contributed by atoms with Crippen molar-refractivity contribution >= 4 is 5.69 Å². The van der Waals surface area contributed by atoms with E-state index in [0.29, 0.717) is 0 Å². The highest BCUT2D eigenvalue weighted by molar-refractivity contribution is 5.40. The number of rotatable bonds is 2. The Morgan fingerprint density at radius 2 is 1.73 bits per heavy atom. The van der Waals surface area contributed by atoms with Crippen molar-refractivity contribution in [2.75, 3.05) is 5.73 Å². The molecule has 0 unspecified atom stereocenters. The lowest BCUT2D eigenvalue weighted by Crippen LogP contribution is -3.00. The van der Waals surface area contributed by atoms with Gasteiger partial charge in [0.2, 0.25) is 0 Å². The van der Waals surface area contributed by atoms with E-state index in [4.69, 9.17) is 5.73 Å². The van der Waals surface area contributed by atoms with Gasteiger partial charge in [0.15, 0.2) is 0 Å². The highest BCUT2D eigenvalue weighted by Gasteiger charge is 1.95. The number of nitrogens with two attached hydrogens (primary N) is 1. The molecule has 2 rings (SSSR count). The van der Waals surface area contributed by atoms with Gasteiger partial charge in [-0.25, -0.2) is 0 Å². The molecule has 0 spiro atoms. The summed E-state index contributed by atoms with van der Waals surface area (Å²) in [5.41, 5.74) is 8.72. The molecule has 1 aromatic heterocycles. The topological polar surface area (TPSA) is 38.9 Å². The highest BCUT2D eigenvalue weighted by Crippen LogP contribution is 2.09. The van der Waals surface area contributed by atoms with Crippen molar-refractivity contribution in [2.24, 2.45) is 0 Å². The Morgan fingerprint density at radius 3 is 2.33 bits per heavy atom. The number of benzene rings is 1. The van der Waals surface area contributed by atoms with E-state index in [1.165, 1.54) is 5.56 Å². The second-order valence-corrected chi connectivity index (χ2v) is 3.24. The average molecular weight is 220 g/mol. The predicted molar refractivity (Wildman–Crippen MR) is 57.9 cm³/mol. The lowest BCUT2D eigenvalue weighted by Gasteiger charge is -2.00. The Kier molecular flexibility index (Phi) is 4.13. The molecule has 0 aliphatic heterocycles. The third-order valence-electron chi connectivity index (χ3n) is 2.09. The maximum Gasteiger partial charge on any atom is 0.0447 e. The van der Waals surface area contributed by atoms with Gasteiger partial charge in [-0.2, -0.15) is 0 Å². The Bertz CT molecular complexity index is 398. The van der Waals surface area contributed by atoms with Crippen LogP contribution >= 0.6 is 0 Å². The molecule has 0 saturated heterocycles. The maximum absolute atomic E-state index is 5.60. The van der Waals surface area contributed by atoms with Crippen LogP contribution in [-0.2, 0) is 6.42 Å². The summed E-state index contributed by atoms with van der Waals surface area (Å²) in [6.45, 7) is 0. The summed E-state index contributed by atoms with van der Waals surface area (Å²) >= 11 is 0. The zero-order valence-corrected chi connectivity index (χ0v) is 8.98. The number of hydrogen-bond donors (Lipinski definition) is 1. The molecule has 15 heavy (non-hydrogen) atoms. The van der Waals surface area contributed by atoms with Crippen LogP contribution in [0.1, 0.15) is 11.3 Å². The normalized spacial score (nSPS) is 9.33. The Morgan fingerprint density at radius 1 is 1.00 bits per heavy atom. The molecular formula is C12H12ClN2-. The molecule has 1 heterocycles. The van der Waals surface area contributed by atoms with Gasteiger partial charge >= 0.3 is 0 Å². The summed E-state index contributed by atoms with van der Waals surface area (Å²) in [6, 6.07) is 13.8. The molecule has 2 aromatic rings. The van der Waals surface area contributed by atoms with Gasteiger partial charge in [0.1, 0.15) is 0 Å². The molecule has 3 heteroatoms. The molecule has 0 radical (unpaired) electrons. The Labute approximate surface area is 95.6 Å². The maximum atomic E-state index is 5.60. The molecule has 0 bridgehead atoms. The van der Waals surface area contributed by atoms with Crippen LogP contribution in [0.25, 0.3) is 0 Å². The van der Waals surface area contributed by atoms with E-state index in [-0.39, 0.29) is 12.4 Å². The van der Waals surface area contributed by atoms with Gasteiger partial charge in [-0.05, 0) is 29.8 Å². The van der Waals surface area contributed by atoms with Gasteiger partial charge in [-0.15, -0.1) is 0 Å². The minimum atomic E-state index is 0. The van der Waals surface area contributed by atoms with Gasteiger partial charge in [0.05, 0.1) is 0 Å². The molecule has 0 fully saturated rings. The van der Waals surface area contributed by atoms with Crippen molar-refractivity contribution in [2.45, 2.75) is 6.42 Å². The van der Waals surface area contributed by atoms with Crippen molar-refractivity contribution in [3.8, 4) is 0 Å². The van der Waals surface area contributed by atoms with Crippen molar-refractivity contribution < 1.29 is 12.4 Å². The van der Waals surface area contributed by atoms with Crippen LogP contribution in [0.4, 0.5) is 5.69 Å². The zero-order valence-electron chi connectivity index (χ0n) is 8.23. The number of aromatic nitrogens is 1. The fourth-order valence-corrected chi connectivity index (χ4v) is 1.35. The summed E-state index contributed by atoms with van der Waals surface area (Å²) in [4.78, 5) is 4.27. The van der Waals surface area contributed by atoms with E-state index in [9.17, 15) is 0 Å². The first-order valence-electron chi connectivity index (χ1n) is 4.59. The van der Waals surface area contributed by atoms with Gasteiger partial charge in [0, 0.05) is 24.0 Å². The van der Waals surface area contributed by atoms with Crippen LogP contribution < -0.4 is 18.1 Å². The van der Waals surface area contributed by atoms with Crippen molar-refractivity contribution in [3.05, 3.63) is 59.9 Å². The van der Waals surface area contributed by atoms with Crippen LogP contribution in [0, 0.1) is 0 Å². The molecule has 2 nitrogen and oxygen atoms in total. The van der Waals surface area contributed by atoms with E-state index >= 15 is 0 Å². The fourth-order valence-electron chi connectivity index (χ4n) is 1.35. The van der Waals surface area contributed by atoms with Crippen molar-refractivity contribution in [1.29, 1.82) is 0 Å². The number of nitrogen functional groups attached to an aromatic ring is 1. The summed E-state index contributed by atoms with van der Waals surface area (Å²) in [5.74, 6) is 0. The Hall–Kier alpha value is -1.54. The number of pyridine rings is 1. The molecule has 0 saturated carbocycles. The van der Waals surface area contributed by atoms with Crippen molar-refractivity contribution in [1.82, 2.24) is 4.98 Å². The lowest BCUT2D eigenvalue weighted by molar-refractivity contribution is -0.00000295. The second kappa shape index (κ2) is 5.37. The molecular weight excluding hydrogens is 208 g/mol. The van der Waals surface area contributed by atoms with Crippen LogP contribution in [0.15, 0.2) is 48.7 Å². The minimum absolute atomic E-state index is 0. The van der Waals surface area contributed by atoms with E-state index in [1.54, 1.807) is 0 Å². The first-order valence-corrected chi connectivity index (χ1v) is 4.59. The van der Waals surface area contributed by atoms with Crippen LogP contribution in [0.3, 0.4) is 0 Å². The number of anilines is 1. The number of hydrogen-bond acceptors (Lipinski definition) is 2. The molecule has 0 aliphatic rings. The van der Waals surface area contributed by atoms with Gasteiger partial charge in [-0.1, -0.05) is 18.2 Å². The first-order chi connectivity index (χ1) is 6.84. The number of nitrogens with zero attached hydrogens (tertiary/aromatic N) is 1. The fraction of sp³-hybridized carbons (Fsp3) is 0.0833. The van der Waals surface area contributed by atoms with Crippen LogP contribution in [-0.4, -0.2) is 4.98 Å². The molecule has 0 atom stereocenters. The van der Waals surface area contributed by atoms with Crippen LogP contribution in [0.2, 0.25) is 0 Å². The van der Waals surface area contributed by atoms with E-state index in [1.807, 2.05) is 48.7 Å². The third kappa shape index (κ3) is 3.26. The SMILES string of the molecule is Nc1ccc(Cc2ccccn2)cc1.[Cl-]. The summed E-state index contributed by atoms with van der Waals surface area (Å²) in [7, 11) is 0. The smallest absolute Gasteiger partial charge is 0.0447 e. The van der Waals surface area contributed by atoms with Gasteiger partial charge in [-0.3, -0.25) is 4.98 Å². The lowest BCUT2D eigenvalue weighted by atomic mass is 10.1. The molecule has 0 aliphatic carbocycles. The van der Waals surface area contributed by atoms with E-state index in [0.717, 1.165) is 17.8 Å². The van der Waals surface area contributed by atoms with Crippen molar-refractivity contribution in [3.63, 3.8) is 0 Å². The quantitative estimate of drug-likeness (QED) is 0.676. The van der Waals surface area contributed by atoms with E-state index in [2.05, 4.69) is 4.98 Å². The van der Waals surface area contributed by atoms with Gasteiger partial charge < -0.3 is 18.1 Å². The third-order valence-corrected chi connectivity index (χ3v) is 2.09. The summed E-state index contributed by atoms with van der Waals surface area (Å²) in [6.07, 6.45) is 2.67. The zero-order chi connectivity index (χ0) is 9.80. The average Bonchev–Trinajstić information content (AvgIpc) is 2.23. The summed E-state index contributed by atoms with van der Waals surface area (Å²) < 4.78 is 0. The first kappa shape index (κ1) is 11.5. The number of halogens is 1. The monoisotopic (exact) mass is 219 g/mol. The molecule has 0 amide bonds. The van der Waals surface area contributed by atoms with Crippen LogP contribution in [0.5, 0.6) is 0 Å². The highest BCUT2D eigenvalue weighted by atomic mass is 35.5. The van der Waals surface area contributed by atoms with E-state index < -0.39 is 0 Å². The summed E-state index contributed by atoms with van der Waals surface area (Å²) in [5, 5.41) is 0. The van der Waals surface area contributed by atoms with Gasteiger partial charge in [0.25, 0.3) is 0 Å². The predicted octanol–water partition coefficient (Wildman–Crippen LogP) is -0.741. The standard InChI is InChI=1S/C12H12N2.ClH/c13-11-6-4-10(5-7-11)9-12-3-1-2-8-14-12;/h1-8H,9,13H2;1H/p-1. The molecule has 78 valence electrons. The Balaban J connectivity index is 0.00000112. The largest absolute Gasteiger partial charge is 1.00 e. The minimum Gasteiger partial charge on any atom is -1.00 e.